The number of rotatable bonds is 1. The lowest BCUT2D eigenvalue weighted by atomic mass is 10.0. The van der Waals surface area contributed by atoms with Gasteiger partial charge in [0.15, 0.2) is 0 Å². The molecule has 2 heterocycles. The van der Waals surface area contributed by atoms with E-state index in [4.69, 9.17) is 4.74 Å². The van der Waals surface area contributed by atoms with E-state index < -0.39 is 0 Å². The highest BCUT2D eigenvalue weighted by molar-refractivity contribution is 4.88. The van der Waals surface area contributed by atoms with Crippen LogP contribution in [0.2, 0.25) is 0 Å². The highest BCUT2D eigenvalue weighted by Gasteiger charge is 2.31. The molecule has 3 heteroatoms. The Morgan fingerprint density at radius 1 is 1.43 bits per heavy atom. The van der Waals surface area contributed by atoms with Gasteiger partial charge in [-0.15, -0.1) is 0 Å². The van der Waals surface area contributed by atoms with E-state index >= 15 is 0 Å². The molecular formula is C11H22N2O. The van der Waals surface area contributed by atoms with E-state index in [9.17, 15) is 0 Å². The molecule has 0 aromatic carbocycles. The minimum atomic E-state index is 0.465. The molecule has 0 aliphatic carbocycles. The van der Waals surface area contributed by atoms with Crippen LogP contribution >= 0.6 is 0 Å². The van der Waals surface area contributed by atoms with Crippen LogP contribution in [0.15, 0.2) is 0 Å². The van der Waals surface area contributed by atoms with Gasteiger partial charge in [0.2, 0.25) is 0 Å². The second kappa shape index (κ2) is 4.60. The van der Waals surface area contributed by atoms with Gasteiger partial charge in [0, 0.05) is 31.8 Å². The van der Waals surface area contributed by atoms with Gasteiger partial charge < -0.3 is 10.1 Å². The Labute approximate surface area is 86.8 Å². The molecule has 0 aromatic rings. The summed E-state index contributed by atoms with van der Waals surface area (Å²) in [4.78, 5) is 2.54. The summed E-state index contributed by atoms with van der Waals surface area (Å²) in [6.45, 7) is 8.96. The van der Waals surface area contributed by atoms with Crippen molar-refractivity contribution < 1.29 is 4.74 Å². The Morgan fingerprint density at radius 2 is 2.29 bits per heavy atom. The molecular weight excluding hydrogens is 176 g/mol. The number of nitrogens with one attached hydrogen (secondary N) is 1. The molecule has 0 spiro atoms. The minimum absolute atomic E-state index is 0.465. The molecule has 0 unspecified atom stereocenters. The van der Waals surface area contributed by atoms with Crippen LogP contribution in [0, 0.1) is 0 Å². The molecule has 0 radical (unpaired) electrons. The van der Waals surface area contributed by atoms with Crippen molar-refractivity contribution in [2.24, 2.45) is 0 Å². The first-order valence-corrected chi connectivity index (χ1v) is 5.86. The fourth-order valence-electron chi connectivity index (χ4n) is 2.41. The van der Waals surface area contributed by atoms with Crippen molar-refractivity contribution in [2.45, 2.75) is 44.9 Å². The Kier molecular flexibility index (Phi) is 3.42. The summed E-state index contributed by atoms with van der Waals surface area (Å²) >= 11 is 0. The topological polar surface area (TPSA) is 24.5 Å². The van der Waals surface area contributed by atoms with Crippen LogP contribution in [-0.4, -0.2) is 49.3 Å². The van der Waals surface area contributed by atoms with Crippen LogP contribution in [-0.2, 0) is 4.74 Å². The smallest absolute Gasteiger partial charge is 0.0752 e. The number of likely N-dealkylation sites (tertiary alicyclic amines) is 1. The average molecular weight is 198 g/mol. The Hall–Kier alpha value is -0.120. The van der Waals surface area contributed by atoms with Gasteiger partial charge >= 0.3 is 0 Å². The molecule has 0 bridgehead atoms. The molecule has 1 N–H and O–H groups in total. The van der Waals surface area contributed by atoms with Crippen molar-refractivity contribution in [1.29, 1.82) is 0 Å². The van der Waals surface area contributed by atoms with Crippen LogP contribution in [0.5, 0.6) is 0 Å². The SMILES string of the molecule is CC(C)N1CC[C@H]2OCCCN[C@H]2C1. The predicted octanol–water partition coefficient (Wildman–Crippen LogP) is 0.848. The first-order valence-electron chi connectivity index (χ1n) is 5.86. The normalized spacial score (nSPS) is 35.4. The number of hydrogen-bond acceptors (Lipinski definition) is 3. The number of nitrogens with zero attached hydrogens (tertiary/aromatic N) is 1. The molecule has 2 aliphatic heterocycles. The second-order valence-corrected chi connectivity index (χ2v) is 4.70. The zero-order chi connectivity index (χ0) is 9.97. The first kappa shape index (κ1) is 10.4. The number of fused-ring (bicyclic) bond motifs is 1. The maximum absolute atomic E-state index is 5.85. The molecule has 0 saturated carbocycles. The molecule has 2 saturated heterocycles. The quantitative estimate of drug-likeness (QED) is 0.676. The second-order valence-electron chi connectivity index (χ2n) is 4.70. The highest BCUT2D eigenvalue weighted by atomic mass is 16.5. The molecule has 0 amide bonds. The van der Waals surface area contributed by atoms with Crippen LogP contribution in [0.1, 0.15) is 26.7 Å². The molecule has 2 aliphatic rings. The molecule has 14 heavy (non-hydrogen) atoms. The largest absolute Gasteiger partial charge is 0.376 e. The molecule has 0 aromatic heterocycles. The number of ether oxygens (including phenoxy) is 1. The lowest BCUT2D eigenvalue weighted by molar-refractivity contribution is -0.00850. The van der Waals surface area contributed by atoms with E-state index in [0.717, 1.165) is 26.1 Å². The van der Waals surface area contributed by atoms with E-state index in [2.05, 4.69) is 24.1 Å². The van der Waals surface area contributed by atoms with Crippen molar-refractivity contribution in [2.75, 3.05) is 26.2 Å². The fourth-order valence-corrected chi connectivity index (χ4v) is 2.41. The Balaban J connectivity index is 1.93. The van der Waals surface area contributed by atoms with Crippen molar-refractivity contribution in [3.63, 3.8) is 0 Å². The van der Waals surface area contributed by atoms with Crippen LogP contribution < -0.4 is 5.32 Å². The third-order valence-corrected chi connectivity index (χ3v) is 3.37. The maximum Gasteiger partial charge on any atom is 0.0752 e. The average Bonchev–Trinajstić information content (AvgIpc) is 2.41. The standard InChI is InChI=1S/C11H22N2O/c1-9(2)13-6-4-11-10(8-13)12-5-3-7-14-11/h9-12H,3-8H2,1-2H3/t10-,11+/m0/s1. The predicted molar refractivity (Wildman–Crippen MR) is 57.5 cm³/mol. The Bertz CT molecular complexity index is 184. The minimum Gasteiger partial charge on any atom is -0.376 e. The van der Waals surface area contributed by atoms with E-state index in [1.807, 2.05) is 0 Å². The first-order chi connectivity index (χ1) is 6.77. The number of piperidine rings is 1. The van der Waals surface area contributed by atoms with Crippen LogP contribution in [0.4, 0.5) is 0 Å². The lowest BCUT2D eigenvalue weighted by Gasteiger charge is -2.39. The highest BCUT2D eigenvalue weighted by Crippen LogP contribution is 2.18. The summed E-state index contributed by atoms with van der Waals surface area (Å²) in [6.07, 6.45) is 2.82. The fraction of sp³-hybridized carbons (Fsp3) is 1.00. The van der Waals surface area contributed by atoms with Crippen LogP contribution in [0.3, 0.4) is 0 Å². The van der Waals surface area contributed by atoms with E-state index in [-0.39, 0.29) is 0 Å². The van der Waals surface area contributed by atoms with E-state index in [0.29, 0.717) is 18.2 Å². The van der Waals surface area contributed by atoms with Gasteiger partial charge in [-0.2, -0.15) is 0 Å². The summed E-state index contributed by atoms with van der Waals surface area (Å²) in [7, 11) is 0. The van der Waals surface area contributed by atoms with Crippen molar-refractivity contribution in [3.8, 4) is 0 Å². The van der Waals surface area contributed by atoms with Gasteiger partial charge in [0.1, 0.15) is 0 Å². The number of hydrogen-bond donors (Lipinski definition) is 1. The van der Waals surface area contributed by atoms with Crippen molar-refractivity contribution in [3.05, 3.63) is 0 Å². The Morgan fingerprint density at radius 3 is 3.07 bits per heavy atom. The molecule has 2 fully saturated rings. The van der Waals surface area contributed by atoms with E-state index in [1.165, 1.54) is 13.0 Å². The summed E-state index contributed by atoms with van der Waals surface area (Å²) in [5, 5.41) is 3.60. The maximum atomic E-state index is 5.85. The summed E-state index contributed by atoms with van der Waals surface area (Å²) in [5.41, 5.74) is 0. The van der Waals surface area contributed by atoms with Gasteiger partial charge in [-0.25, -0.2) is 0 Å². The van der Waals surface area contributed by atoms with Crippen molar-refractivity contribution >= 4 is 0 Å². The molecule has 3 nitrogen and oxygen atoms in total. The molecule has 2 atom stereocenters. The third kappa shape index (κ3) is 2.27. The van der Waals surface area contributed by atoms with Gasteiger partial charge in [0.05, 0.1) is 6.10 Å². The zero-order valence-electron chi connectivity index (χ0n) is 9.33. The van der Waals surface area contributed by atoms with Gasteiger partial charge in [-0.05, 0) is 33.2 Å². The van der Waals surface area contributed by atoms with Crippen LogP contribution in [0.25, 0.3) is 0 Å². The monoisotopic (exact) mass is 198 g/mol. The third-order valence-electron chi connectivity index (χ3n) is 3.37. The van der Waals surface area contributed by atoms with Crippen molar-refractivity contribution in [1.82, 2.24) is 10.2 Å². The van der Waals surface area contributed by atoms with E-state index in [1.54, 1.807) is 0 Å². The van der Waals surface area contributed by atoms with Gasteiger partial charge in [-0.3, -0.25) is 4.90 Å². The lowest BCUT2D eigenvalue weighted by Crippen LogP contribution is -2.55. The summed E-state index contributed by atoms with van der Waals surface area (Å²) in [5.74, 6) is 0. The van der Waals surface area contributed by atoms with Gasteiger partial charge in [-0.1, -0.05) is 0 Å². The van der Waals surface area contributed by atoms with Gasteiger partial charge in [0.25, 0.3) is 0 Å². The molecule has 82 valence electrons. The summed E-state index contributed by atoms with van der Waals surface area (Å²) < 4.78 is 5.85. The summed E-state index contributed by atoms with van der Waals surface area (Å²) in [6, 6.07) is 1.23. The zero-order valence-corrected chi connectivity index (χ0v) is 9.33. The molecule has 2 rings (SSSR count).